The molecular weight excluding hydrogens is 398 g/mol. The second-order valence-corrected chi connectivity index (χ2v) is 8.66. The van der Waals surface area contributed by atoms with Gasteiger partial charge >= 0.3 is 5.97 Å². The minimum atomic E-state index is -0.385. The van der Waals surface area contributed by atoms with Crippen LogP contribution in [0.25, 0.3) is 0 Å². The monoisotopic (exact) mass is 421 g/mol. The van der Waals surface area contributed by atoms with Crippen LogP contribution in [0.5, 0.6) is 0 Å². The Kier molecular flexibility index (Phi) is 6.40. The Balaban J connectivity index is 1.75. The molecule has 1 unspecified atom stereocenters. The number of nitrogen functional groups attached to an aromatic ring is 2. The Morgan fingerprint density at radius 3 is 2.75 bits per heavy atom. The lowest BCUT2D eigenvalue weighted by atomic mass is 9.88. The number of thiophene rings is 1. The van der Waals surface area contributed by atoms with Gasteiger partial charge in [0.15, 0.2) is 5.16 Å². The van der Waals surface area contributed by atoms with Gasteiger partial charge in [0.1, 0.15) is 16.6 Å². The van der Waals surface area contributed by atoms with Crippen LogP contribution < -0.4 is 16.8 Å². The molecular formula is C18H23N5O3S2. The number of anilines is 3. The third kappa shape index (κ3) is 4.74. The number of esters is 1. The number of nitrogens with two attached hydrogens (primary N) is 2. The van der Waals surface area contributed by atoms with Crippen molar-refractivity contribution in [1.82, 2.24) is 9.97 Å². The number of aromatic nitrogens is 2. The Morgan fingerprint density at radius 2 is 2.07 bits per heavy atom. The Labute approximate surface area is 171 Å². The van der Waals surface area contributed by atoms with E-state index in [0.29, 0.717) is 21.6 Å². The van der Waals surface area contributed by atoms with Gasteiger partial charge in [0.2, 0.25) is 5.91 Å². The highest BCUT2D eigenvalue weighted by Crippen LogP contribution is 2.40. The third-order valence-corrected chi connectivity index (χ3v) is 6.34. The molecule has 2 aromatic heterocycles. The lowest BCUT2D eigenvalue weighted by molar-refractivity contribution is -0.113. The summed E-state index contributed by atoms with van der Waals surface area (Å²) in [5, 5.41) is 3.74. The first-order valence-corrected chi connectivity index (χ1v) is 10.8. The number of hydrogen-bond acceptors (Lipinski definition) is 9. The van der Waals surface area contributed by atoms with Gasteiger partial charge in [-0.2, -0.15) is 0 Å². The van der Waals surface area contributed by atoms with Gasteiger partial charge in [-0.15, -0.1) is 11.3 Å². The van der Waals surface area contributed by atoms with E-state index in [9.17, 15) is 9.59 Å². The topological polar surface area (TPSA) is 133 Å². The van der Waals surface area contributed by atoms with Crippen molar-refractivity contribution in [1.29, 1.82) is 0 Å². The molecule has 1 aliphatic carbocycles. The van der Waals surface area contributed by atoms with Crippen LogP contribution in [0.3, 0.4) is 0 Å². The van der Waals surface area contributed by atoms with Crippen molar-refractivity contribution in [2.45, 2.75) is 38.3 Å². The van der Waals surface area contributed by atoms with Gasteiger partial charge in [-0.1, -0.05) is 18.7 Å². The standard InChI is InChI=1S/C18H23N5O3S2/c1-3-26-17(25)15-10-5-4-9(2)6-11(10)28-16(15)23-14(24)8-27-18-21-12(19)7-13(20)22-18/h7,9H,3-6,8H2,1-2H3,(H,23,24)(H4,19,20,21,22). The maximum Gasteiger partial charge on any atom is 0.341 e. The van der Waals surface area contributed by atoms with Gasteiger partial charge < -0.3 is 21.5 Å². The van der Waals surface area contributed by atoms with Crippen molar-refractivity contribution in [2.24, 2.45) is 5.92 Å². The zero-order chi connectivity index (χ0) is 20.3. The first kappa shape index (κ1) is 20.4. The number of carbonyl (C=O) groups is 2. The first-order valence-electron chi connectivity index (χ1n) is 9.01. The zero-order valence-corrected chi connectivity index (χ0v) is 17.4. The maximum atomic E-state index is 12.5. The second kappa shape index (κ2) is 8.78. The predicted octanol–water partition coefficient (Wildman–Crippen LogP) is 2.73. The number of thioether (sulfide) groups is 1. The maximum absolute atomic E-state index is 12.5. The van der Waals surface area contributed by atoms with Crippen LogP contribution in [0.1, 0.15) is 41.1 Å². The van der Waals surface area contributed by atoms with Gasteiger partial charge in [0.25, 0.3) is 0 Å². The van der Waals surface area contributed by atoms with E-state index in [0.717, 1.165) is 41.5 Å². The van der Waals surface area contributed by atoms with Gasteiger partial charge in [-0.3, -0.25) is 4.79 Å². The molecule has 10 heteroatoms. The van der Waals surface area contributed by atoms with Crippen LogP contribution in [0.4, 0.5) is 16.6 Å². The second-order valence-electron chi connectivity index (χ2n) is 6.61. The third-order valence-electron chi connectivity index (χ3n) is 4.32. The van der Waals surface area contributed by atoms with Gasteiger partial charge in [-0.05, 0) is 37.7 Å². The van der Waals surface area contributed by atoms with E-state index in [-0.39, 0.29) is 35.9 Å². The molecule has 0 radical (unpaired) electrons. The highest BCUT2D eigenvalue weighted by atomic mass is 32.2. The molecule has 0 aromatic carbocycles. The van der Waals surface area contributed by atoms with Crippen LogP contribution in [0.15, 0.2) is 11.2 Å². The summed E-state index contributed by atoms with van der Waals surface area (Å²) in [4.78, 5) is 34.2. The number of rotatable bonds is 6. The van der Waals surface area contributed by atoms with Crippen molar-refractivity contribution in [3.8, 4) is 0 Å². The average molecular weight is 422 g/mol. The van der Waals surface area contributed by atoms with Crippen LogP contribution in [0, 0.1) is 5.92 Å². The highest BCUT2D eigenvalue weighted by Gasteiger charge is 2.29. The minimum Gasteiger partial charge on any atom is -0.462 e. The summed E-state index contributed by atoms with van der Waals surface area (Å²) in [6, 6.07) is 1.45. The van der Waals surface area contributed by atoms with E-state index in [1.807, 2.05) is 0 Å². The molecule has 150 valence electrons. The average Bonchev–Trinajstić information content (AvgIpc) is 2.96. The molecule has 3 rings (SSSR count). The lowest BCUT2D eigenvalue weighted by Crippen LogP contribution is -2.18. The van der Waals surface area contributed by atoms with E-state index >= 15 is 0 Å². The highest BCUT2D eigenvalue weighted by molar-refractivity contribution is 7.99. The fourth-order valence-electron chi connectivity index (χ4n) is 3.08. The molecule has 1 amide bonds. The summed E-state index contributed by atoms with van der Waals surface area (Å²) < 4.78 is 5.22. The number of fused-ring (bicyclic) bond motifs is 1. The largest absolute Gasteiger partial charge is 0.462 e. The summed E-state index contributed by atoms with van der Waals surface area (Å²) in [5.74, 6) is 0.493. The smallest absolute Gasteiger partial charge is 0.341 e. The SMILES string of the molecule is CCOC(=O)c1c(NC(=O)CSc2nc(N)cc(N)n2)sc2c1CCC(C)C2. The number of carbonyl (C=O) groups excluding carboxylic acids is 2. The van der Waals surface area contributed by atoms with E-state index < -0.39 is 0 Å². The van der Waals surface area contributed by atoms with Crippen LogP contribution >= 0.6 is 23.1 Å². The predicted molar refractivity (Wildman–Crippen MR) is 112 cm³/mol. The first-order chi connectivity index (χ1) is 13.4. The molecule has 1 atom stereocenters. The molecule has 0 fully saturated rings. The molecule has 0 bridgehead atoms. The quantitative estimate of drug-likeness (QED) is 0.368. The van der Waals surface area contributed by atoms with Crippen molar-refractivity contribution in [3.05, 3.63) is 22.1 Å². The molecule has 0 saturated carbocycles. The van der Waals surface area contributed by atoms with Gasteiger partial charge in [0.05, 0.1) is 17.9 Å². The molecule has 2 aromatic rings. The lowest BCUT2D eigenvalue weighted by Gasteiger charge is -2.18. The summed E-state index contributed by atoms with van der Waals surface area (Å²) >= 11 is 2.59. The zero-order valence-electron chi connectivity index (χ0n) is 15.8. The number of hydrogen-bond donors (Lipinski definition) is 3. The summed E-state index contributed by atoms with van der Waals surface area (Å²) in [5.41, 5.74) is 12.8. The molecule has 5 N–H and O–H groups in total. The number of ether oxygens (including phenoxy) is 1. The van der Waals surface area contributed by atoms with Crippen molar-refractivity contribution in [3.63, 3.8) is 0 Å². The van der Waals surface area contributed by atoms with E-state index in [2.05, 4.69) is 22.2 Å². The minimum absolute atomic E-state index is 0.0735. The Bertz CT molecular complexity index is 879. The van der Waals surface area contributed by atoms with Gasteiger partial charge in [-0.25, -0.2) is 14.8 Å². The normalized spacial score (nSPS) is 15.7. The van der Waals surface area contributed by atoms with Crippen molar-refractivity contribution in [2.75, 3.05) is 29.1 Å². The molecule has 0 spiro atoms. The summed E-state index contributed by atoms with van der Waals surface area (Å²) in [7, 11) is 0. The van der Waals surface area contributed by atoms with Crippen LogP contribution in [-0.4, -0.2) is 34.2 Å². The fourth-order valence-corrected chi connectivity index (χ4v) is 5.16. The Hall–Kier alpha value is -2.33. The van der Waals surface area contributed by atoms with Gasteiger partial charge in [0, 0.05) is 10.9 Å². The fraction of sp³-hybridized carbons (Fsp3) is 0.444. The van der Waals surface area contributed by atoms with Crippen LogP contribution in [-0.2, 0) is 22.4 Å². The van der Waals surface area contributed by atoms with E-state index in [1.54, 1.807) is 6.92 Å². The number of nitrogens with one attached hydrogen (secondary N) is 1. The molecule has 0 aliphatic heterocycles. The molecule has 8 nitrogen and oxygen atoms in total. The van der Waals surface area contributed by atoms with E-state index in [1.165, 1.54) is 17.4 Å². The number of amides is 1. The Morgan fingerprint density at radius 1 is 1.36 bits per heavy atom. The van der Waals surface area contributed by atoms with Crippen molar-refractivity contribution < 1.29 is 14.3 Å². The van der Waals surface area contributed by atoms with Crippen LogP contribution in [0.2, 0.25) is 0 Å². The molecule has 28 heavy (non-hydrogen) atoms. The number of nitrogens with zero attached hydrogens (tertiary/aromatic N) is 2. The van der Waals surface area contributed by atoms with E-state index in [4.69, 9.17) is 16.2 Å². The molecule has 0 saturated heterocycles. The summed E-state index contributed by atoms with van der Waals surface area (Å²) in [6.45, 7) is 4.25. The molecule has 2 heterocycles. The van der Waals surface area contributed by atoms with Crippen molar-refractivity contribution >= 4 is 51.6 Å². The molecule has 1 aliphatic rings. The summed E-state index contributed by atoms with van der Waals surface area (Å²) in [6.07, 6.45) is 2.75.